The molecule has 70 valence electrons. The van der Waals surface area contributed by atoms with E-state index in [9.17, 15) is 0 Å². The lowest BCUT2D eigenvalue weighted by molar-refractivity contribution is 0.216. The van der Waals surface area contributed by atoms with Crippen molar-refractivity contribution in [3.05, 3.63) is 12.2 Å². The molecule has 12 heavy (non-hydrogen) atoms. The van der Waals surface area contributed by atoms with Gasteiger partial charge in [-0.3, -0.25) is 0 Å². The summed E-state index contributed by atoms with van der Waals surface area (Å²) < 4.78 is 0. The van der Waals surface area contributed by atoms with E-state index in [2.05, 4.69) is 19.1 Å². The Labute approximate surface area is 77.1 Å². The van der Waals surface area contributed by atoms with Crippen molar-refractivity contribution in [3.8, 4) is 0 Å². The van der Waals surface area contributed by atoms with Crippen molar-refractivity contribution in [2.24, 2.45) is 17.8 Å². The van der Waals surface area contributed by atoms with Crippen LogP contribution in [0.15, 0.2) is 12.2 Å². The zero-order valence-corrected chi connectivity index (χ0v) is 8.72. The van der Waals surface area contributed by atoms with Crippen LogP contribution >= 0.6 is 0 Å². The van der Waals surface area contributed by atoms with E-state index in [1.54, 1.807) is 0 Å². The fourth-order valence-corrected chi connectivity index (χ4v) is 2.58. The molecule has 2 aliphatic carbocycles. The van der Waals surface area contributed by atoms with Crippen LogP contribution in [0.2, 0.25) is 0 Å². The molecule has 3 atom stereocenters. The van der Waals surface area contributed by atoms with Crippen molar-refractivity contribution in [1.82, 2.24) is 0 Å². The van der Waals surface area contributed by atoms with Crippen molar-refractivity contribution in [2.45, 2.75) is 46.5 Å². The molecule has 0 aliphatic heterocycles. The molecule has 0 radical (unpaired) electrons. The zero-order chi connectivity index (χ0) is 8.97. The van der Waals surface area contributed by atoms with E-state index in [1.807, 2.05) is 13.8 Å². The summed E-state index contributed by atoms with van der Waals surface area (Å²) in [5, 5.41) is 0. The van der Waals surface area contributed by atoms with Crippen LogP contribution in [0, 0.1) is 17.8 Å². The highest BCUT2D eigenvalue weighted by Crippen LogP contribution is 2.41. The molecule has 1 fully saturated rings. The number of rotatable bonds is 0. The minimum absolute atomic E-state index is 0.962. The third-order valence-corrected chi connectivity index (χ3v) is 3.27. The fraction of sp³-hybridized carbons (Fsp3) is 0.833. The maximum absolute atomic E-state index is 2.44. The van der Waals surface area contributed by atoms with Gasteiger partial charge in [-0.2, -0.15) is 0 Å². The molecule has 0 aromatic rings. The first-order valence-corrected chi connectivity index (χ1v) is 5.54. The minimum Gasteiger partial charge on any atom is -0.0879 e. The summed E-state index contributed by atoms with van der Waals surface area (Å²) in [6, 6.07) is 0. The SMILES string of the molecule is CC.CC1CCCC2C=CCC12. The lowest BCUT2D eigenvalue weighted by Crippen LogP contribution is -2.21. The largest absolute Gasteiger partial charge is 0.0879 e. The molecule has 0 N–H and O–H groups in total. The lowest BCUT2D eigenvalue weighted by atomic mass is 9.74. The average molecular weight is 166 g/mol. The maximum Gasteiger partial charge on any atom is -0.0200 e. The van der Waals surface area contributed by atoms with Gasteiger partial charge in [-0.05, 0) is 30.6 Å². The summed E-state index contributed by atoms with van der Waals surface area (Å²) in [4.78, 5) is 0. The van der Waals surface area contributed by atoms with Crippen molar-refractivity contribution in [3.63, 3.8) is 0 Å². The van der Waals surface area contributed by atoms with Gasteiger partial charge < -0.3 is 0 Å². The van der Waals surface area contributed by atoms with Crippen molar-refractivity contribution in [1.29, 1.82) is 0 Å². The van der Waals surface area contributed by atoms with Crippen LogP contribution in [-0.4, -0.2) is 0 Å². The molecular formula is C12H22. The first kappa shape index (κ1) is 9.83. The number of allylic oxidation sites excluding steroid dienone is 2. The van der Waals surface area contributed by atoms with Crippen LogP contribution in [0.25, 0.3) is 0 Å². The van der Waals surface area contributed by atoms with E-state index in [1.165, 1.54) is 25.7 Å². The molecule has 0 heterocycles. The average Bonchev–Trinajstić information content (AvgIpc) is 2.57. The number of fused-ring (bicyclic) bond motifs is 1. The molecule has 0 nitrogen and oxygen atoms in total. The Kier molecular flexibility index (Phi) is 3.84. The predicted octanol–water partition coefficient (Wildman–Crippen LogP) is 4.02. The first-order valence-electron chi connectivity index (χ1n) is 5.54. The summed E-state index contributed by atoms with van der Waals surface area (Å²) in [6.45, 7) is 6.42. The third kappa shape index (κ3) is 1.91. The number of hydrogen-bond acceptors (Lipinski definition) is 0. The van der Waals surface area contributed by atoms with Gasteiger partial charge in [-0.15, -0.1) is 0 Å². The second-order valence-corrected chi connectivity index (χ2v) is 3.90. The summed E-state index contributed by atoms with van der Waals surface area (Å²) in [5.41, 5.74) is 0. The van der Waals surface area contributed by atoms with E-state index >= 15 is 0 Å². The fourth-order valence-electron chi connectivity index (χ4n) is 2.58. The standard InChI is InChI=1S/C10H16.C2H6/c1-8-4-2-5-9-6-3-7-10(8)9;1-2/h3,6,8-10H,2,4-5,7H2,1H3;1-2H3. The van der Waals surface area contributed by atoms with Crippen LogP contribution in [0.3, 0.4) is 0 Å². The Bertz CT molecular complexity index is 146. The van der Waals surface area contributed by atoms with E-state index in [0.717, 1.165) is 17.8 Å². The summed E-state index contributed by atoms with van der Waals surface area (Å²) >= 11 is 0. The topological polar surface area (TPSA) is 0 Å². The quantitative estimate of drug-likeness (QED) is 0.477. The van der Waals surface area contributed by atoms with Gasteiger partial charge in [0.25, 0.3) is 0 Å². The van der Waals surface area contributed by atoms with Gasteiger partial charge in [0.15, 0.2) is 0 Å². The Morgan fingerprint density at radius 2 is 1.92 bits per heavy atom. The summed E-state index contributed by atoms with van der Waals surface area (Å²) in [6.07, 6.45) is 10.6. The first-order chi connectivity index (χ1) is 5.88. The van der Waals surface area contributed by atoms with E-state index < -0.39 is 0 Å². The molecule has 0 aromatic carbocycles. The smallest absolute Gasteiger partial charge is 0.0200 e. The Balaban J connectivity index is 0.000000336. The molecule has 1 saturated carbocycles. The summed E-state index contributed by atoms with van der Waals surface area (Å²) in [7, 11) is 0. The zero-order valence-electron chi connectivity index (χ0n) is 8.72. The molecule has 0 spiro atoms. The molecule has 0 heteroatoms. The normalized spacial score (nSPS) is 38.4. The van der Waals surface area contributed by atoms with Crippen molar-refractivity contribution >= 4 is 0 Å². The van der Waals surface area contributed by atoms with Crippen molar-refractivity contribution in [2.75, 3.05) is 0 Å². The van der Waals surface area contributed by atoms with Crippen LogP contribution in [0.1, 0.15) is 46.5 Å². The highest BCUT2D eigenvalue weighted by atomic mass is 14.4. The van der Waals surface area contributed by atoms with Crippen LogP contribution in [0.5, 0.6) is 0 Å². The van der Waals surface area contributed by atoms with Crippen LogP contribution in [-0.2, 0) is 0 Å². The maximum atomic E-state index is 2.44. The van der Waals surface area contributed by atoms with Gasteiger partial charge in [0.05, 0.1) is 0 Å². The van der Waals surface area contributed by atoms with Gasteiger partial charge in [0.2, 0.25) is 0 Å². The minimum atomic E-state index is 0.962. The Morgan fingerprint density at radius 1 is 1.17 bits per heavy atom. The van der Waals surface area contributed by atoms with E-state index in [4.69, 9.17) is 0 Å². The third-order valence-electron chi connectivity index (χ3n) is 3.27. The van der Waals surface area contributed by atoms with Gasteiger partial charge in [0.1, 0.15) is 0 Å². The summed E-state index contributed by atoms with van der Waals surface area (Å²) in [5.74, 6) is 2.98. The van der Waals surface area contributed by atoms with E-state index in [-0.39, 0.29) is 0 Å². The second kappa shape index (κ2) is 4.69. The molecule has 0 bridgehead atoms. The van der Waals surface area contributed by atoms with Gasteiger partial charge in [-0.1, -0.05) is 45.8 Å². The van der Waals surface area contributed by atoms with Crippen LogP contribution < -0.4 is 0 Å². The van der Waals surface area contributed by atoms with E-state index in [0.29, 0.717) is 0 Å². The van der Waals surface area contributed by atoms with Gasteiger partial charge >= 0.3 is 0 Å². The highest BCUT2D eigenvalue weighted by Gasteiger charge is 2.30. The second-order valence-electron chi connectivity index (χ2n) is 3.90. The lowest BCUT2D eigenvalue weighted by Gasteiger charge is -2.30. The molecule has 2 rings (SSSR count). The Morgan fingerprint density at radius 3 is 2.58 bits per heavy atom. The van der Waals surface area contributed by atoms with Gasteiger partial charge in [-0.25, -0.2) is 0 Å². The monoisotopic (exact) mass is 166 g/mol. The predicted molar refractivity (Wildman–Crippen MR) is 55.1 cm³/mol. The molecule has 2 aliphatic rings. The molecule has 0 aromatic heterocycles. The van der Waals surface area contributed by atoms with Crippen LogP contribution in [0.4, 0.5) is 0 Å². The highest BCUT2D eigenvalue weighted by molar-refractivity contribution is 5.03. The molecule has 0 saturated heterocycles. The Hall–Kier alpha value is -0.260. The van der Waals surface area contributed by atoms with Crippen molar-refractivity contribution < 1.29 is 0 Å². The molecular weight excluding hydrogens is 144 g/mol. The van der Waals surface area contributed by atoms with Gasteiger partial charge in [0, 0.05) is 0 Å². The number of hydrogen-bond donors (Lipinski definition) is 0. The molecule has 3 unspecified atom stereocenters. The molecule has 0 amide bonds.